The molecule has 0 saturated carbocycles. The number of hydrogen-bond acceptors (Lipinski definition) is 3. The fourth-order valence-electron chi connectivity index (χ4n) is 2.63. The third-order valence-electron chi connectivity index (χ3n) is 3.89. The van der Waals surface area contributed by atoms with Gasteiger partial charge in [-0.1, -0.05) is 0 Å². The monoisotopic (exact) mass is 213 g/mol. The zero-order valence-electron chi connectivity index (χ0n) is 10.8. The maximum Gasteiger partial charge on any atom is 0.0182 e. The first-order valence-electron chi connectivity index (χ1n) is 6.08. The number of hydrogen-bond donors (Lipinski definition) is 1. The van der Waals surface area contributed by atoms with Crippen LogP contribution in [0.1, 0.15) is 26.7 Å². The standard InChI is InChI=1S/C12H27N3/c1-12(2)11(5-7-13)6-8-15(12)10-9-14(3)4/h11H,5-10,13H2,1-4H3. The smallest absolute Gasteiger partial charge is 0.0182 e. The van der Waals surface area contributed by atoms with Crippen LogP contribution in [0.4, 0.5) is 0 Å². The van der Waals surface area contributed by atoms with E-state index < -0.39 is 0 Å². The van der Waals surface area contributed by atoms with Crippen LogP contribution in [0.2, 0.25) is 0 Å². The number of nitrogens with zero attached hydrogens (tertiary/aromatic N) is 2. The van der Waals surface area contributed by atoms with Gasteiger partial charge in [-0.05, 0) is 59.8 Å². The molecule has 2 N–H and O–H groups in total. The Kier molecular flexibility index (Phi) is 4.56. The van der Waals surface area contributed by atoms with Crippen LogP contribution in [-0.2, 0) is 0 Å². The molecule has 0 radical (unpaired) electrons. The molecule has 0 spiro atoms. The lowest BCUT2D eigenvalue weighted by molar-refractivity contribution is 0.125. The molecule has 0 amide bonds. The summed E-state index contributed by atoms with van der Waals surface area (Å²) in [6.07, 6.45) is 2.49. The summed E-state index contributed by atoms with van der Waals surface area (Å²) in [7, 11) is 4.28. The molecule has 1 atom stereocenters. The molecule has 1 unspecified atom stereocenters. The number of nitrogens with two attached hydrogens (primary N) is 1. The van der Waals surface area contributed by atoms with Gasteiger partial charge in [0, 0.05) is 18.6 Å². The predicted molar refractivity (Wildman–Crippen MR) is 66.0 cm³/mol. The molecule has 1 fully saturated rings. The lowest BCUT2D eigenvalue weighted by Gasteiger charge is -2.36. The minimum absolute atomic E-state index is 0.343. The number of likely N-dealkylation sites (tertiary alicyclic amines) is 1. The van der Waals surface area contributed by atoms with E-state index in [1.54, 1.807) is 0 Å². The van der Waals surface area contributed by atoms with Gasteiger partial charge in [0.1, 0.15) is 0 Å². The summed E-state index contributed by atoms with van der Waals surface area (Å²) in [5, 5.41) is 0. The van der Waals surface area contributed by atoms with Crippen molar-refractivity contribution in [1.29, 1.82) is 0 Å². The van der Waals surface area contributed by atoms with Gasteiger partial charge in [0.2, 0.25) is 0 Å². The largest absolute Gasteiger partial charge is 0.330 e. The van der Waals surface area contributed by atoms with E-state index in [0.29, 0.717) is 5.54 Å². The van der Waals surface area contributed by atoms with Crippen LogP contribution in [0.25, 0.3) is 0 Å². The molecular weight excluding hydrogens is 186 g/mol. The maximum absolute atomic E-state index is 5.67. The first kappa shape index (κ1) is 12.9. The molecule has 15 heavy (non-hydrogen) atoms. The van der Waals surface area contributed by atoms with Gasteiger partial charge in [-0.2, -0.15) is 0 Å². The highest BCUT2D eigenvalue weighted by atomic mass is 15.2. The molecule has 1 aliphatic rings. The van der Waals surface area contributed by atoms with Gasteiger partial charge in [-0.15, -0.1) is 0 Å². The van der Waals surface area contributed by atoms with E-state index in [-0.39, 0.29) is 0 Å². The van der Waals surface area contributed by atoms with Crippen molar-refractivity contribution in [2.45, 2.75) is 32.2 Å². The average molecular weight is 213 g/mol. The first-order chi connectivity index (χ1) is 6.98. The normalized spacial score (nSPS) is 26.4. The topological polar surface area (TPSA) is 32.5 Å². The molecule has 0 aromatic rings. The summed E-state index contributed by atoms with van der Waals surface area (Å²) in [4.78, 5) is 4.87. The molecule has 0 aromatic carbocycles. The summed E-state index contributed by atoms with van der Waals surface area (Å²) in [6, 6.07) is 0. The molecule has 3 heteroatoms. The van der Waals surface area contributed by atoms with E-state index in [1.165, 1.54) is 25.9 Å². The highest BCUT2D eigenvalue weighted by molar-refractivity contribution is 4.95. The Labute approximate surface area is 94.6 Å². The van der Waals surface area contributed by atoms with Crippen molar-refractivity contribution in [2.24, 2.45) is 11.7 Å². The van der Waals surface area contributed by atoms with Crippen LogP contribution in [0.15, 0.2) is 0 Å². The van der Waals surface area contributed by atoms with Gasteiger partial charge in [-0.3, -0.25) is 4.90 Å². The second-order valence-electron chi connectivity index (χ2n) is 5.51. The van der Waals surface area contributed by atoms with E-state index in [4.69, 9.17) is 5.73 Å². The van der Waals surface area contributed by atoms with E-state index in [0.717, 1.165) is 19.0 Å². The molecule has 3 nitrogen and oxygen atoms in total. The van der Waals surface area contributed by atoms with E-state index in [9.17, 15) is 0 Å². The van der Waals surface area contributed by atoms with Crippen LogP contribution in [0, 0.1) is 5.92 Å². The van der Waals surface area contributed by atoms with Crippen LogP contribution in [-0.4, -0.2) is 55.6 Å². The van der Waals surface area contributed by atoms with Gasteiger partial charge in [-0.25, -0.2) is 0 Å². The van der Waals surface area contributed by atoms with E-state index >= 15 is 0 Å². The summed E-state index contributed by atoms with van der Waals surface area (Å²) in [5.74, 6) is 0.782. The SMILES string of the molecule is CN(C)CCN1CCC(CCN)C1(C)C. The second-order valence-corrected chi connectivity index (χ2v) is 5.51. The predicted octanol–water partition coefficient (Wildman–Crippen LogP) is 0.997. The van der Waals surface area contributed by atoms with Crippen LogP contribution >= 0.6 is 0 Å². The Bertz CT molecular complexity index is 189. The lowest BCUT2D eigenvalue weighted by Crippen LogP contribution is -2.45. The molecule has 0 aliphatic carbocycles. The fraction of sp³-hybridized carbons (Fsp3) is 1.00. The van der Waals surface area contributed by atoms with Crippen molar-refractivity contribution in [3.05, 3.63) is 0 Å². The molecule has 1 saturated heterocycles. The Hall–Kier alpha value is -0.120. The number of rotatable bonds is 5. The van der Waals surface area contributed by atoms with Crippen LogP contribution in [0.5, 0.6) is 0 Å². The number of likely N-dealkylation sites (N-methyl/N-ethyl adjacent to an activating group) is 1. The van der Waals surface area contributed by atoms with Crippen LogP contribution in [0.3, 0.4) is 0 Å². The van der Waals surface area contributed by atoms with Gasteiger partial charge in [0.05, 0.1) is 0 Å². The average Bonchev–Trinajstić information content (AvgIpc) is 2.40. The minimum atomic E-state index is 0.343. The summed E-state index contributed by atoms with van der Waals surface area (Å²) in [6.45, 7) is 9.15. The minimum Gasteiger partial charge on any atom is -0.330 e. The highest BCUT2D eigenvalue weighted by Gasteiger charge is 2.39. The maximum atomic E-state index is 5.67. The van der Waals surface area contributed by atoms with Crippen LogP contribution < -0.4 is 5.73 Å². The second kappa shape index (κ2) is 5.28. The van der Waals surface area contributed by atoms with Crippen molar-refractivity contribution >= 4 is 0 Å². The Balaban J connectivity index is 2.47. The summed E-state index contributed by atoms with van der Waals surface area (Å²) >= 11 is 0. The molecule has 0 bridgehead atoms. The van der Waals surface area contributed by atoms with Crippen molar-refractivity contribution < 1.29 is 0 Å². The zero-order valence-corrected chi connectivity index (χ0v) is 10.8. The third kappa shape index (κ3) is 3.16. The Morgan fingerprint density at radius 2 is 2.07 bits per heavy atom. The van der Waals surface area contributed by atoms with Gasteiger partial charge in [0.25, 0.3) is 0 Å². The first-order valence-corrected chi connectivity index (χ1v) is 6.08. The summed E-state index contributed by atoms with van der Waals surface area (Å²) < 4.78 is 0. The fourth-order valence-corrected chi connectivity index (χ4v) is 2.63. The van der Waals surface area contributed by atoms with Crippen molar-refractivity contribution in [3.63, 3.8) is 0 Å². The van der Waals surface area contributed by atoms with E-state index in [1.807, 2.05) is 0 Å². The third-order valence-corrected chi connectivity index (χ3v) is 3.89. The van der Waals surface area contributed by atoms with Crippen molar-refractivity contribution in [2.75, 3.05) is 40.3 Å². The van der Waals surface area contributed by atoms with E-state index in [2.05, 4.69) is 37.7 Å². The highest BCUT2D eigenvalue weighted by Crippen LogP contribution is 2.35. The molecule has 1 heterocycles. The molecule has 0 aromatic heterocycles. The Morgan fingerprint density at radius 1 is 1.40 bits per heavy atom. The molecular formula is C12H27N3. The van der Waals surface area contributed by atoms with Crippen molar-refractivity contribution in [1.82, 2.24) is 9.80 Å². The quantitative estimate of drug-likeness (QED) is 0.739. The van der Waals surface area contributed by atoms with Crippen molar-refractivity contribution in [3.8, 4) is 0 Å². The zero-order chi connectivity index (χ0) is 11.5. The lowest BCUT2D eigenvalue weighted by atomic mass is 9.86. The van der Waals surface area contributed by atoms with Gasteiger partial charge in [0.15, 0.2) is 0 Å². The molecule has 1 aliphatic heterocycles. The van der Waals surface area contributed by atoms with Gasteiger partial charge >= 0.3 is 0 Å². The molecule has 90 valence electrons. The molecule has 1 rings (SSSR count). The van der Waals surface area contributed by atoms with Gasteiger partial charge < -0.3 is 10.6 Å². The summed E-state index contributed by atoms with van der Waals surface area (Å²) in [5.41, 5.74) is 6.01. The Morgan fingerprint density at radius 3 is 2.60 bits per heavy atom.